The van der Waals surface area contributed by atoms with Gasteiger partial charge in [-0.25, -0.2) is 0 Å². The lowest BCUT2D eigenvalue weighted by atomic mass is 9.72. The van der Waals surface area contributed by atoms with Gasteiger partial charge >= 0.3 is 0 Å². The second kappa shape index (κ2) is 7.33. The Morgan fingerprint density at radius 3 is 2.45 bits per heavy atom. The van der Waals surface area contributed by atoms with Crippen molar-refractivity contribution in [3.8, 4) is 0 Å². The highest BCUT2D eigenvalue weighted by molar-refractivity contribution is 5.37. The monoisotopic (exact) mass is 272 g/mol. The van der Waals surface area contributed by atoms with Gasteiger partial charge in [-0.1, -0.05) is 55.4 Å². The first-order valence-corrected chi connectivity index (χ1v) is 7.41. The standard InChI is InChI=1S/C19H28O/c1-15(8-6-9-16(2)14-20)11-12-18-17(3)10-7-13-19(18,4)5/h6,8-9,11-12,14,20H,7,10,13H2,1-5H3/b9-6+,12-11+,15-8+,16-14+. The summed E-state index contributed by atoms with van der Waals surface area (Å²) in [5.41, 5.74) is 5.39. The summed E-state index contributed by atoms with van der Waals surface area (Å²) in [6.07, 6.45) is 15.3. The van der Waals surface area contributed by atoms with Gasteiger partial charge in [0.15, 0.2) is 0 Å². The van der Waals surface area contributed by atoms with Gasteiger partial charge in [0.2, 0.25) is 0 Å². The summed E-state index contributed by atoms with van der Waals surface area (Å²) in [5.74, 6) is 0. The molecule has 1 heteroatoms. The van der Waals surface area contributed by atoms with Crippen LogP contribution in [0.5, 0.6) is 0 Å². The average molecular weight is 272 g/mol. The van der Waals surface area contributed by atoms with Crippen LogP contribution < -0.4 is 0 Å². The van der Waals surface area contributed by atoms with E-state index in [1.165, 1.54) is 36.0 Å². The highest BCUT2D eigenvalue weighted by atomic mass is 16.2. The molecule has 1 nitrogen and oxygen atoms in total. The van der Waals surface area contributed by atoms with E-state index in [4.69, 9.17) is 5.11 Å². The largest absolute Gasteiger partial charge is 0.515 e. The maximum absolute atomic E-state index is 8.81. The predicted molar refractivity (Wildman–Crippen MR) is 88.8 cm³/mol. The zero-order valence-electron chi connectivity index (χ0n) is 13.5. The molecule has 0 unspecified atom stereocenters. The molecular formula is C19H28O. The average Bonchev–Trinajstić information content (AvgIpc) is 2.37. The normalized spacial score (nSPS) is 21.2. The van der Waals surface area contributed by atoms with Crippen LogP contribution in [0.25, 0.3) is 0 Å². The Labute approximate surface area is 124 Å². The number of allylic oxidation sites excluding steroid dienone is 9. The smallest absolute Gasteiger partial charge is 0.0820 e. The lowest BCUT2D eigenvalue weighted by molar-refractivity contribution is 0.377. The molecule has 0 fully saturated rings. The molecule has 110 valence electrons. The zero-order valence-corrected chi connectivity index (χ0v) is 13.5. The third-order valence-electron chi connectivity index (χ3n) is 3.98. The van der Waals surface area contributed by atoms with Gasteiger partial charge in [0.25, 0.3) is 0 Å². The number of rotatable bonds is 4. The maximum Gasteiger partial charge on any atom is 0.0820 e. The molecular weight excluding hydrogens is 244 g/mol. The summed E-state index contributed by atoms with van der Waals surface area (Å²) < 4.78 is 0. The van der Waals surface area contributed by atoms with Crippen LogP contribution in [0.1, 0.15) is 53.9 Å². The number of aliphatic hydroxyl groups is 1. The minimum Gasteiger partial charge on any atom is -0.515 e. The molecule has 1 aliphatic carbocycles. The van der Waals surface area contributed by atoms with Gasteiger partial charge < -0.3 is 5.11 Å². The first-order valence-electron chi connectivity index (χ1n) is 7.41. The minimum atomic E-state index is 0.297. The fraction of sp³-hybridized carbons (Fsp3) is 0.474. The van der Waals surface area contributed by atoms with E-state index in [1.807, 2.05) is 19.1 Å². The third kappa shape index (κ3) is 4.88. The Morgan fingerprint density at radius 1 is 1.15 bits per heavy atom. The van der Waals surface area contributed by atoms with Crippen LogP contribution in [-0.4, -0.2) is 5.11 Å². The maximum atomic E-state index is 8.81. The molecule has 1 N–H and O–H groups in total. The van der Waals surface area contributed by atoms with Gasteiger partial charge in [-0.2, -0.15) is 0 Å². The van der Waals surface area contributed by atoms with Crippen LogP contribution in [0.2, 0.25) is 0 Å². The first-order chi connectivity index (χ1) is 9.36. The topological polar surface area (TPSA) is 20.2 Å². The van der Waals surface area contributed by atoms with E-state index in [-0.39, 0.29) is 0 Å². The quantitative estimate of drug-likeness (QED) is 0.489. The zero-order chi connectivity index (χ0) is 15.2. The van der Waals surface area contributed by atoms with Crippen molar-refractivity contribution in [1.29, 1.82) is 0 Å². The first kappa shape index (κ1) is 16.6. The van der Waals surface area contributed by atoms with Crippen molar-refractivity contribution in [3.05, 3.63) is 58.9 Å². The molecule has 0 atom stereocenters. The van der Waals surface area contributed by atoms with Crippen molar-refractivity contribution in [2.45, 2.75) is 53.9 Å². The van der Waals surface area contributed by atoms with Crippen LogP contribution in [0.15, 0.2) is 58.9 Å². The molecule has 0 aromatic heterocycles. The lowest BCUT2D eigenvalue weighted by Crippen LogP contribution is -2.19. The third-order valence-corrected chi connectivity index (χ3v) is 3.98. The fourth-order valence-electron chi connectivity index (χ4n) is 2.68. The van der Waals surface area contributed by atoms with Gasteiger partial charge in [0, 0.05) is 0 Å². The molecule has 0 aromatic rings. The summed E-state index contributed by atoms with van der Waals surface area (Å²) in [6, 6.07) is 0. The molecule has 0 aromatic carbocycles. The molecule has 1 rings (SSSR count). The van der Waals surface area contributed by atoms with Crippen LogP contribution in [0.3, 0.4) is 0 Å². The minimum absolute atomic E-state index is 0.297. The molecule has 0 bridgehead atoms. The van der Waals surface area contributed by atoms with E-state index in [0.29, 0.717) is 5.41 Å². The van der Waals surface area contributed by atoms with Crippen molar-refractivity contribution in [2.75, 3.05) is 0 Å². The van der Waals surface area contributed by atoms with Crippen LogP contribution in [0.4, 0.5) is 0 Å². The number of hydrogen-bond acceptors (Lipinski definition) is 1. The van der Waals surface area contributed by atoms with E-state index >= 15 is 0 Å². The molecule has 0 spiro atoms. The second-order valence-corrected chi connectivity index (χ2v) is 6.41. The summed E-state index contributed by atoms with van der Waals surface area (Å²) in [5, 5.41) is 8.81. The lowest BCUT2D eigenvalue weighted by Gasteiger charge is -2.32. The van der Waals surface area contributed by atoms with Crippen molar-refractivity contribution in [3.63, 3.8) is 0 Å². The molecule has 0 saturated carbocycles. The molecule has 0 aliphatic heterocycles. The van der Waals surface area contributed by atoms with Gasteiger partial charge in [-0.3, -0.25) is 0 Å². The van der Waals surface area contributed by atoms with Gasteiger partial charge in [-0.05, 0) is 56.6 Å². The fourth-order valence-corrected chi connectivity index (χ4v) is 2.68. The van der Waals surface area contributed by atoms with Crippen molar-refractivity contribution in [1.82, 2.24) is 0 Å². The van der Waals surface area contributed by atoms with Crippen molar-refractivity contribution >= 4 is 0 Å². The summed E-state index contributed by atoms with van der Waals surface area (Å²) in [4.78, 5) is 0. The SMILES string of the molecule is CC1=C(/C=C/C(C)=C/C=C/C(C)=C/O)C(C)(C)CCC1. The Balaban J connectivity index is 2.81. The Bertz CT molecular complexity index is 482. The van der Waals surface area contributed by atoms with E-state index in [1.54, 1.807) is 0 Å². The molecule has 0 saturated heterocycles. The Morgan fingerprint density at radius 2 is 1.85 bits per heavy atom. The molecule has 20 heavy (non-hydrogen) atoms. The number of hydrogen-bond donors (Lipinski definition) is 1. The molecule has 0 amide bonds. The summed E-state index contributed by atoms with van der Waals surface area (Å²) >= 11 is 0. The van der Waals surface area contributed by atoms with Crippen molar-refractivity contribution < 1.29 is 5.11 Å². The highest BCUT2D eigenvalue weighted by Gasteiger charge is 2.26. The van der Waals surface area contributed by atoms with Crippen LogP contribution in [0, 0.1) is 5.41 Å². The van der Waals surface area contributed by atoms with Gasteiger partial charge in [0.1, 0.15) is 0 Å². The molecule has 1 aliphatic rings. The molecule has 0 heterocycles. The van der Waals surface area contributed by atoms with E-state index < -0.39 is 0 Å². The number of aliphatic hydroxyl groups excluding tert-OH is 1. The van der Waals surface area contributed by atoms with Crippen LogP contribution >= 0.6 is 0 Å². The molecule has 0 radical (unpaired) electrons. The summed E-state index contributed by atoms with van der Waals surface area (Å²) in [6.45, 7) is 10.9. The highest BCUT2D eigenvalue weighted by Crippen LogP contribution is 2.40. The Kier molecular flexibility index (Phi) is 6.06. The van der Waals surface area contributed by atoms with Crippen molar-refractivity contribution in [2.24, 2.45) is 5.41 Å². The Hall–Kier alpha value is -1.50. The van der Waals surface area contributed by atoms with E-state index in [2.05, 4.69) is 45.9 Å². The summed E-state index contributed by atoms with van der Waals surface area (Å²) in [7, 11) is 0. The second-order valence-electron chi connectivity index (χ2n) is 6.41. The van der Waals surface area contributed by atoms with Gasteiger partial charge in [0.05, 0.1) is 6.26 Å². The van der Waals surface area contributed by atoms with Crippen LogP contribution in [-0.2, 0) is 0 Å². The predicted octanol–water partition coefficient (Wildman–Crippen LogP) is 6.03. The van der Waals surface area contributed by atoms with Gasteiger partial charge in [-0.15, -0.1) is 0 Å². The van der Waals surface area contributed by atoms with E-state index in [9.17, 15) is 0 Å². The van der Waals surface area contributed by atoms with E-state index in [0.717, 1.165) is 11.8 Å².